The summed E-state index contributed by atoms with van der Waals surface area (Å²) >= 11 is 0. The van der Waals surface area contributed by atoms with E-state index in [0.29, 0.717) is 12.5 Å². The van der Waals surface area contributed by atoms with E-state index in [2.05, 4.69) is 12.2 Å². The van der Waals surface area contributed by atoms with Gasteiger partial charge in [-0.25, -0.2) is 4.79 Å². The Hall–Kier alpha value is -0.770. The molecule has 2 bridgehead atoms. The Labute approximate surface area is 97.6 Å². The van der Waals surface area contributed by atoms with Crippen molar-refractivity contribution in [1.29, 1.82) is 0 Å². The zero-order valence-corrected chi connectivity index (χ0v) is 10.2. The van der Waals surface area contributed by atoms with Crippen LogP contribution in [0.5, 0.6) is 0 Å². The molecule has 0 aromatic heterocycles. The minimum absolute atomic E-state index is 0.0270. The lowest BCUT2D eigenvalue weighted by molar-refractivity contribution is 0.140. The Morgan fingerprint density at radius 2 is 2.44 bits per heavy atom. The van der Waals surface area contributed by atoms with Crippen molar-refractivity contribution in [3.05, 3.63) is 0 Å². The molecule has 2 aliphatic rings. The van der Waals surface area contributed by atoms with Crippen molar-refractivity contribution < 1.29 is 4.79 Å². The lowest BCUT2D eigenvalue weighted by Gasteiger charge is -2.38. The average molecular weight is 225 g/mol. The topological polar surface area (TPSA) is 58.4 Å². The number of carbonyl (C=O) groups excluding carboxylic acids is 1. The van der Waals surface area contributed by atoms with Crippen LogP contribution in [0, 0.1) is 5.92 Å². The molecule has 4 nitrogen and oxygen atoms in total. The predicted molar refractivity (Wildman–Crippen MR) is 64.1 cm³/mol. The van der Waals surface area contributed by atoms with Crippen LogP contribution in [0.4, 0.5) is 4.79 Å². The number of carbonyl (C=O) groups is 1. The molecule has 1 heterocycles. The highest BCUT2D eigenvalue weighted by molar-refractivity contribution is 5.75. The third-order valence-corrected chi connectivity index (χ3v) is 4.09. The van der Waals surface area contributed by atoms with E-state index in [1.54, 1.807) is 0 Å². The molecule has 0 radical (unpaired) electrons. The average Bonchev–Trinajstić information content (AvgIpc) is 2.58. The number of likely N-dealkylation sites (tertiary alicyclic amines) is 1. The van der Waals surface area contributed by atoms with Gasteiger partial charge in [0, 0.05) is 19.6 Å². The Balaban J connectivity index is 2.05. The van der Waals surface area contributed by atoms with Gasteiger partial charge >= 0.3 is 6.03 Å². The number of rotatable bonds is 3. The van der Waals surface area contributed by atoms with Crippen molar-refractivity contribution in [2.45, 2.75) is 44.6 Å². The summed E-state index contributed by atoms with van der Waals surface area (Å²) in [5.41, 5.74) is 5.88. The monoisotopic (exact) mass is 225 g/mol. The third-order valence-electron chi connectivity index (χ3n) is 4.09. The smallest absolute Gasteiger partial charge is 0.317 e. The van der Waals surface area contributed by atoms with E-state index in [0.717, 1.165) is 32.4 Å². The van der Waals surface area contributed by atoms with Gasteiger partial charge in [-0.15, -0.1) is 0 Å². The summed E-state index contributed by atoms with van der Waals surface area (Å²) in [6, 6.07) is 0.0942. The Morgan fingerprint density at radius 3 is 3.12 bits per heavy atom. The van der Waals surface area contributed by atoms with Crippen molar-refractivity contribution in [3.8, 4) is 0 Å². The van der Waals surface area contributed by atoms with Crippen molar-refractivity contribution >= 4 is 6.03 Å². The predicted octanol–water partition coefficient (Wildman–Crippen LogP) is 1.31. The van der Waals surface area contributed by atoms with Crippen molar-refractivity contribution in [3.63, 3.8) is 0 Å². The standard InChI is InChI=1S/C12H23N3O/c1-2-6-14-11(16)15-8-10-4-3-5-12(15,7-10)9-13/h10H,2-9,13H2,1H3,(H,14,16). The minimum Gasteiger partial charge on any atom is -0.338 e. The quantitative estimate of drug-likeness (QED) is 0.761. The first-order valence-corrected chi connectivity index (χ1v) is 6.47. The lowest BCUT2D eigenvalue weighted by atomic mass is 9.80. The van der Waals surface area contributed by atoms with Crippen LogP contribution in [0.15, 0.2) is 0 Å². The summed E-state index contributed by atoms with van der Waals surface area (Å²) in [5.74, 6) is 0.685. The SMILES string of the molecule is CCCNC(=O)N1CC2CCCC1(CN)C2. The van der Waals surface area contributed by atoms with Gasteiger partial charge in [0.25, 0.3) is 0 Å². The number of nitrogens with one attached hydrogen (secondary N) is 1. The minimum atomic E-state index is -0.0270. The molecule has 92 valence electrons. The number of nitrogens with zero attached hydrogens (tertiary/aromatic N) is 1. The van der Waals surface area contributed by atoms with Gasteiger partial charge in [-0.1, -0.05) is 13.3 Å². The highest BCUT2D eigenvalue weighted by Crippen LogP contribution is 2.43. The molecule has 2 amide bonds. The van der Waals surface area contributed by atoms with Gasteiger partial charge in [0.1, 0.15) is 0 Å². The van der Waals surface area contributed by atoms with Crippen LogP contribution < -0.4 is 11.1 Å². The summed E-state index contributed by atoms with van der Waals surface area (Å²) in [5, 5.41) is 2.98. The molecule has 1 saturated carbocycles. The van der Waals surface area contributed by atoms with Crippen LogP contribution >= 0.6 is 0 Å². The molecule has 2 atom stereocenters. The van der Waals surface area contributed by atoms with Gasteiger partial charge in [-0.3, -0.25) is 0 Å². The zero-order chi connectivity index (χ0) is 11.6. The van der Waals surface area contributed by atoms with Crippen molar-refractivity contribution in [1.82, 2.24) is 10.2 Å². The molecule has 3 N–H and O–H groups in total. The molecule has 1 aliphatic carbocycles. The third kappa shape index (κ3) is 1.90. The number of fused-ring (bicyclic) bond motifs is 2. The molecule has 1 saturated heterocycles. The van der Waals surface area contributed by atoms with Crippen LogP contribution in [0.2, 0.25) is 0 Å². The molecular weight excluding hydrogens is 202 g/mol. The summed E-state index contributed by atoms with van der Waals surface area (Å²) in [7, 11) is 0. The van der Waals surface area contributed by atoms with E-state index in [9.17, 15) is 4.79 Å². The fraction of sp³-hybridized carbons (Fsp3) is 0.917. The molecule has 0 aromatic carbocycles. The van der Waals surface area contributed by atoms with E-state index >= 15 is 0 Å². The van der Waals surface area contributed by atoms with Gasteiger partial charge in [0.2, 0.25) is 0 Å². The van der Waals surface area contributed by atoms with Gasteiger partial charge in [0.05, 0.1) is 5.54 Å². The summed E-state index contributed by atoms with van der Waals surface area (Å²) < 4.78 is 0. The second kappa shape index (κ2) is 4.62. The number of urea groups is 1. The number of nitrogens with two attached hydrogens (primary N) is 1. The first kappa shape index (κ1) is 11.7. The van der Waals surface area contributed by atoms with E-state index in [1.807, 2.05) is 4.90 Å². The van der Waals surface area contributed by atoms with Gasteiger partial charge < -0.3 is 16.0 Å². The fourth-order valence-electron chi connectivity index (χ4n) is 3.24. The molecule has 2 unspecified atom stereocenters. The van der Waals surface area contributed by atoms with Gasteiger partial charge in [-0.05, 0) is 31.6 Å². The van der Waals surface area contributed by atoms with E-state index in [-0.39, 0.29) is 11.6 Å². The lowest BCUT2D eigenvalue weighted by Crippen LogP contribution is -2.55. The Bertz CT molecular complexity index is 269. The van der Waals surface area contributed by atoms with Gasteiger partial charge in [0.15, 0.2) is 0 Å². The van der Waals surface area contributed by atoms with Gasteiger partial charge in [-0.2, -0.15) is 0 Å². The zero-order valence-electron chi connectivity index (χ0n) is 10.2. The first-order chi connectivity index (χ1) is 7.72. The second-order valence-corrected chi connectivity index (χ2v) is 5.23. The highest BCUT2D eigenvalue weighted by atomic mass is 16.2. The molecule has 0 aromatic rings. The van der Waals surface area contributed by atoms with Crippen LogP contribution in [0.25, 0.3) is 0 Å². The van der Waals surface area contributed by atoms with Crippen LogP contribution in [-0.4, -0.2) is 36.1 Å². The maximum Gasteiger partial charge on any atom is 0.317 e. The Kier molecular flexibility index (Phi) is 3.38. The summed E-state index contributed by atoms with van der Waals surface area (Å²) in [4.78, 5) is 14.1. The summed E-state index contributed by atoms with van der Waals surface area (Å²) in [6.07, 6.45) is 5.67. The summed E-state index contributed by atoms with van der Waals surface area (Å²) in [6.45, 7) is 4.36. The van der Waals surface area contributed by atoms with Crippen molar-refractivity contribution in [2.75, 3.05) is 19.6 Å². The van der Waals surface area contributed by atoms with Crippen LogP contribution in [-0.2, 0) is 0 Å². The Morgan fingerprint density at radius 1 is 1.62 bits per heavy atom. The second-order valence-electron chi connectivity index (χ2n) is 5.23. The van der Waals surface area contributed by atoms with E-state index in [4.69, 9.17) is 5.73 Å². The van der Waals surface area contributed by atoms with Crippen LogP contribution in [0.3, 0.4) is 0 Å². The largest absolute Gasteiger partial charge is 0.338 e. The van der Waals surface area contributed by atoms with E-state index in [1.165, 1.54) is 12.8 Å². The molecular formula is C12H23N3O. The normalized spacial score (nSPS) is 32.9. The highest BCUT2D eigenvalue weighted by Gasteiger charge is 2.48. The van der Waals surface area contributed by atoms with Crippen molar-refractivity contribution in [2.24, 2.45) is 11.7 Å². The molecule has 2 rings (SSSR count). The fourth-order valence-corrected chi connectivity index (χ4v) is 3.24. The maximum atomic E-state index is 12.1. The maximum absolute atomic E-state index is 12.1. The van der Waals surface area contributed by atoms with E-state index < -0.39 is 0 Å². The molecule has 2 fully saturated rings. The molecule has 1 aliphatic heterocycles. The number of amides is 2. The number of hydrogen-bond donors (Lipinski definition) is 2. The molecule has 0 spiro atoms. The number of hydrogen-bond acceptors (Lipinski definition) is 2. The molecule has 16 heavy (non-hydrogen) atoms. The first-order valence-electron chi connectivity index (χ1n) is 6.47. The molecule has 4 heteroatoms. The van der Waals surface area contributed by atoms with Crippen LogP contribution in [0.1, 0.15) is 39.0 Å².